The van der Waals surface area contributed by atoms with Crippen molar-refractivity contribution < 1.29 is 0 Å². The SMILES string of the molecule is Cc1cscc1CNc1ncc(N)s1. The number of thiazole rings is 1. The number of aryl methyl sites for hydroxylation is 1. The van der Waals surface area contributed by atoms with E-state index in [0.29, 0.717) is 0 Å². The van der Waals surface area contributed by atoms with Crippen molar-refractivity contribution in [3.8, 4) is 0 Å². The quantitative estimate of drug-likeness (QED) is 0.844. The highest BCUT2D eigenvalue weighted by Gasteiger charge is 2.01. The van der Waals surface area contributed by atoms with Crippen molar-refractivity contribution in [2.45, 2.75) is 13.5 Å². The molecular weight excluding hydrogens is 214 g/mol. The average Bonchev–Trinajstić information content (AvgIpc) is 2.72. The first-order valence-corrected chi connectivity index (χ1v) is 5.98. The van der Waals surface area contributed by atoms with Crippen molar-refractivity contribution >= 4 is 32.8 Å². The predicted molar refractivity (Wildman–Crippen MR) is 62.9 cm³/mol. The Morgan fingerprint density at radius 2 is 2.36 bits per heavy atom. The van der Waals surface area contributed by atoms with Crippen LogP contribution < -0.4 is 11.1 Å². The van der Waals surface area contributed by atoms with E-state index in [0.717, 1.165) is 16.7 Å². The number of anilines is 2. The summed E-state index contributed by atoms with van der Waals surface area (Å²) >= 11 is 3.20. The van der Waals surface area contributed by atoms with Gasteiger partial charge in [-0.1, -0.05) is 11.3 Å². The van der Waals surface area contributed by atoms with Crippen molar-refractivity contribution in [1.29, 1.82) is 0 Å². The molecule has 0 radical (unpaired) electrons. The Morgan fingerprint density at radius 1 is 1.50 bits per heavy atom. The molecule has 2 aromatic heterocycles. The molecule has 0 spiro atoms. The molecule has 3 nitrogen and oxygen atoms in total. The van der Waals surface area contributed by atoms with Crippen LogP contribution in [0.4, 0.5) is 10.1 Å². The molecule has 0 bridgehead atoms. The number of nitrogens with one attached hydrogen (secondary N) is 1. The molecule has 2 heterocycles. The summed E-state index contributed by atoms with van der Waals surface area (Å²) in [5.41, 5.74) is 8.22. The van der Waals surface area contributed by atoms with Gasteiger partial charge in [-0.25, -0.2) is 4.98 Å². The highest BCUT2D eigenvalue weighted by Crippen LogP contribution is 2.21. The van der Waals surface area contributed by atoms with Crippen LogP contribution in [0.1, 0.15) is 11.1 Å². The topological polar surface area (TPSA) is 50.9 Å². The van der Waals surface area contributed by atoms with Crippen LogP contribution in [0, 0.1) is 6.92 Å². The lowest BCUT2D eigenvalue weighted by atomic mass is 10.2. The van der Waals surface area contributed by atoms with Gasteiger partial charge in [0.25, 0.3) is 0 Å². The molecule has 0 unspecified atom stereocenters. The molecule has 0 aliphatic rings. The lowest BCUT2D eigenvalue weighted by Crippen LogP contribution is -1.98. The summed E-state index contributed by atoms with van der Waals surface area (Å²) < 4.78 is 0. The fraction of sp³-hybridized carbons (Fsp3) is 0.222. The second kappa shape index (κ2) is 3.98. The number of hydrogen-bond acceptors (Lipinski definition) is 5. The predicted octanol–water partition coefficient (Wildman–Crippen LogP) is 2.71. The smallest absolute Gasteiger partial charge is 0.184 e. The van der Waals surface area contributed by atoms with E-state index in [1.54, 1.807) is 17.5 Å². The summed E-state index contributed by atoms with van der Waals surface area (Å²) in [7, 11) is 0. The first-order valence-electron chi connectivity index (χ1n) is 4.22. The molecule has 74 valence electrons. The van der Waals surface area contributed by atoms with Crippen LogP contribution in [0.25, 0.3) is 0 Å². The first kappa shape index (κ1) is 9.48. The Bertz CT molecular complexity index is 419. The van der Waals surface area contributed by atoms with Crippen LogP contribution in [0.3, 0.4) is 0 Å². The zero-order valence-electron chi connectivity index (χ0n) is 7.78. The third-order valence-corrected chi connectivity index (χ3v) is 3.61. The summed E-state index contributed by atoms with van der Waals surface area (Å²) in [6.45, 7) is 2.94. The minimum atomic E-state index is 0.745. The fourth-order valence-corrected chi connectivity index (χ4v) is 2.54. The lowest BCUT2D eigenvalue weighted by molar-refractivity contribution is 1.12. The zero-order valence-corrected chi connectivity index (χ0v) is 9.41. The molecule has 0 saturated heterocycles. The number of aromatic nitrogens is 1. The van der Waals surface area contributed by atoms with Gasteiger partial charge in [-0.3, -0.25) is 0 Å². The van der Waals surface area contributed by atoms with Gasteiger partial charge in [0.05, 0.1) is 6.20 Å². The van der Waals surface area contributed by atoms with E-state index in [4.69, 9.17) is 5.73 Å². The Labute approximate surface area is 90.6 Å². The van der Waals surface area contributed by atoms with Gasteiger partial charge in [0.1, 0.15) is 5.00 Å². The highest BCUT2D eigenvalue weighted by molar-refractivity contribution is 7.19. The average molecular weight is 225 g/mol. The third kappa shape index (κ3) is 2.05. The van der Waals surface area contributed by atoms with Crippen molar-refractivity contribution in [3.63, 3.8) is 0 Å². The zero-order chi connectivity index (χ0) is 9.97. The maximum Gasteiger partial charge on any atom is 0.184 e. The highest BCUT2D eigenvalue weighted by atomic mass is 32.1. The minimum absolute atomic E-state index is 0.745. The number of nitrogens with two attached hydrogens (primary N) is 1. The molecule has 0 aliphatic heterocycles. The summed E-state index contributed by atoms with van der Waals surface area (Å²) in [6, 6.07) is 0. The molecular formula is C9H11N3S2. The van der Waals surface area contributed by atoms with Gasteiger partial charge in [-0.05, 0) is 28.8 Å². The van der Waals surface area contributed by atoms with Crippen LogP contribution in [-0.2, 0) is 6.54 Å². The Balaban J connectivity index is 1.98. The molecule has 2 aromatic rings. The van der Waals surface area contributed by atoms with Gasteiger partial charge in [-0.2, -0.15) is 11.3 Å². The summed E-state index contributed by atoms with van der Waals surface area (Å²) in [5.74, 6) is 0. The standard InChI is InChI=1S/C9H11N3S2/c1-6-4-13-5-7(6)2-11-9-12-3-8(10)14-9/h3-5H,2,10H2,1H3,(H,11,12). The van der Waals surface area contributed by atoms with Crippen LogP contribution in [0.5, 0.6) is 0 Å². The van der Waals surface area contributed by atoms with E-state index in [9.17, 15) is 0 Å². The van der Waals surface area contributed by atoms with E-state index in [-0.39, 0.29) is 0 Å². The second-order valence-electron chi connectivity index (χ2n) is 3.00. The van der Waals surface area contributed by atoms with Gasteiger partial charge in [0, 0.05) is 6.54 Å². The molecule has 0 aliphatic carbocycles. The Morgan fingerprint density at radius 3 is 2.93 bits per heavy atom. The molecule has 0 atom stereocenters. The molecule has 0 aromatic carbocycles. The second-order valence-corrected chi connectivity index (χ2v) is 4.81. The van der Waals surface area contributed by atoms with Gasteiger partial charge < -0.3 is 11.1 Å². The van der Waals surface area contributed by atoms with E-state index < -0.39 is 0 Å². The molecule has 2 rings (SSSR count). The molecule has 3 N–H and O–H groups in total. The molecule has 0 fully saturated rings. The number of nitrogen functional groups attached to an aromatic ring is 1. The van der Waals surface area contributed by atoms with Crippen LogP contribution >= 0.6 is 22.7 Å². The van der Waals surface area contributed by atoms with Crippen molar-refractivity contribution in [3.05, 3.63) is 28.1 Å². The van der Waals surface area contributed by atoms with Gasteiger partial charge >= 0.3 is 0 Å². The molecule has 14 heavy (non-hydrogen) atoms. The molecule has 5 heteroatoms. The maximum atomic E-state index is 5.58. The van der Waals surface area contributed by atoms with Crippen LogP contribution in [0.15, 0.2) is 17.0 Å². The lowest BCUT2D eigenvalue weighted by Gasteiger charge is -2.00. The Kier molecular flexibility index (Phi) is 2.69. The van der Waals surface area contributed by atoms with Crippen LogP contribution in [0.2, 0.25) is 0 Å². The minimum Gasteiger partial charge on any atom is -0.389 e. The normalized spacial score (nSPS) is 10.4. The number of hydrogen-bond donors (Lipinski definition) is 2. The third-order valence-electron chi connectivity index (χ3n) is 1.92. The van der Waals surface area contributed by atoms with E-state index in [2.05, 4.69) is 28.0 Å². The van der Waals surface area contributed by atoms with Gasteiger partial charge in [0.2, 0.25) is 0 Å². The molecule has 0 amide bonds. The number of nitrogens with zero attached hydrogens (tertiary/aromatic N) is 1. The van der Waals surface area contributed by atoms with E-state index >= 15 is 0 Å². The fourth-order valence-electron chi connectivity index (χ4n) is 1.11. The van der Waals surface area contributed by atoms with E-state index in [1.807, 2.05) is 0 Å². The summed E-state index contributed by atoms with van der Waals surface area (Å²) in [5, 5.41) is 9.17. The van der Waals surface area contributed by atoms with Crippen molar-refractivity contribution in [1.82, 2.24) is 4.98 Å². The van der Waals surface area contributed by atoms with E-state index in [1.165, 1.54) is 22.5 Å². The van der Waals surface area contributed by atoms with Crippen LogP contribution in [-0.4, -0.2) is 4.98 Å². The Hall–Kier alpha value is -1.07. The van der Waals surface area contributed by atoms with Crippen molar-refractivity contribution in [2.24, 2.45) is 0 Å². The van der Waals surface area contributed by atoms with Gasteiger partial charge in [-0.15, -0.1) is 0 Å². The maximum absolute atomic E-state index is 5.58. The molecule has 0 saturated carbocycles. The number of rotatable bonds is 3. The largest absolute Gasteiger partial charge is 0.389 e. The van der Waals surface area contributed by atoms with Gasteiger partial charge in [0.15, 0.2) is 5.13 Å². The van der Waals surface area contributed by atoms with Crippen molar-refractivity contribution in [2.75, 3.05) is 11.1 Å². The monoisotopic (exact) mass is 225 g/mol. The number of thiophene rings is 1. The first-order chi connectivity index (χ1) is 6.75. The summed E-state index contributed by atoms with van der Waals surface area (Å²) in [6.07, 6.45) is 1.67. The summed E-state index contributed by atoms with van der Waals surface area (Å²) in [4.78, 5) is 4.13.